The molecule has 1 N–H and O–H groups in total. The first-order valence-corrected chi connectivity index (χ1v) is 9.18. The summed E-state index contributed by atoms with van der Waals surface area (Å²) in [6, 6.07) is 10.4. The average molecular weight is 406 g/mol. The number of likely N-dealkylation sites (N-methyl/N-ethyl adjacent to an activating group) is 1. The van der Waals surface area contributed by atoms with Gasteiger partial charge in [0.2, 0.25) is 5.91 Å². The van der Waals surface area contributed by atoms with E-state index in [4.69, 9.17) is 4.74 Å². The molecule has 0 saturated heterocycles. The third-order valence-electron chi connectivity index (χ3n) is 4.75. The molecular weight excluding hydrogens is 385 g/mol. The molecule has 8 heteroatoms. The second kappa shape index (κ2) is 8.55. The number of fused-ring (bicyclic) bond motifs is 1. The van der Waals surface area contributed by atoms with Gasteiger partial charge in [-0.05, 0) is 54.7 Å². The maximum Gasteiger partial charge on any atom is 0.418 e. The Bertz CT molecular complexity index is 912. The number of halogens is 3. The second-order valence-corrected chi connectivity index (χ2v) is 6.91. The number of hydrogen-bond acceptors (Lipinski definition) is 3. The summed E-state index contributed by atoms with van der Waals surface area (Å²) in [6.45, 7) is -0.653. The standard InChI is InChI=1S/C21H21F3N2O3/c1-26(12-19(27)25-18-8-3-2-7-17(18)21(22,23)24)20(28)13-29-16-10-9-14-5-4-6-15(14)11-16/h2-3,7-11H,4-6,12-13H2,1H3,(H,25,27). The largest absolute Gasteiger partial charge is 0.484 e. The van der Waals surface area contributed by atoms with Crippen molar-refractivity contribution < 1.29 is 27.5 Å². The Labute approximate surface area is 166 Å². The van der Waals surface area contributed by atoms with Gasteiger partial charge in [-0.15, -0.1) is 0 Å². The molecule has 0 aromatic heterocycles. The molecule has 2 aromatic carbocycles. The summed E-state index contributed by atoms with van der Waals surface area (Å²) >= 11 is 0. The number of rotatable bonds is 6. The minimum Gasteiger partial charge on any atom is -0.484 e. The zero-order valence-electron chi connectivity index (χ0n) is 15.9. The first-order chi connectivity index (χ1) is 13.7. The van der Waals surface area contributed by atoms with Crippen molar-refractivity contribution in [2.75, 3.05) is 25.5 Å². The molecule has 0 heterocycles. The molecule has 29 heavy (non-hydrogen) atoms. The molecule has 1 aliphatic rings. The molecule has 0 radical (unpaired) electrons. The van der Waals surface area contributed by atoms with Crippen LogP contribution in [0.1, 0.15) is 23.1 Å². The molecule has 3 rings (SSSR count). The Hall–Kier alpha value is -3.03. The van der Waals surface area contributed by atoms with E-state index >= 15 is 0 Å². The molecule has 154 valence electrons. The molecular formula is C21H21F3N2O3. The number of anilines is 1. The maximum atomic E-state index is 13.0. The van der Waals surface area contributed by atoms with E-state index in [1.807, 2.05) is 12.1 Å². The molecule has 0 atom stereocenters. The lowest BCUT2D eigenvalue weighted by Gasteiger charge is -2.18. The van der Waals surface area contributed by atoms with Crippen LogP contribution >= 0.6 is 0 Å². The van der Waals surface area contributed by atoms with Gasteiger partial charge in [-0.3, -0.25) is 9.59 Å². The Morgan fingerprint density at radius 3 is 2.59 bits per heavy atom. The Morgan fingerprint density at radius 1 is 1.10 bits per heavy atom. The van der Waals surface area contributed by atoms with E-state index in [0.717, 1.165) is 30.2 Å². The van der Waals surface area contributed by atoms with E-state index in [1.165, 1.54) is 36.4 Å². The molecule has 0 spiro atoms. The van der Waals surface area contributed by atoms with Gasteiger partial charge in [0.1, 0.15) is 5.75 Å². The summed E-state index contributed by atoms with van der Waals surface area (Å²) in [5.41, 5.74) is 1.21. The summed E-state index contributed by atoms with van der Waals surface area (Å²) in [4.78, 5) is 25.4. The topological polar surface area (TPSA) is 58.6 Å². The third kappa shape index (κ3) is 5.28. The number of carbonyl (C=O) groups is 2. The highest BCUT2D eigenvalue weighted by Gasteiger charge is 2.33. The van der Waals surface area contributed by atoms with Crippen LogP contribution in [0.2, 0.25) is 0 Å². The third-order valence-corrected chi connectivity index (χ3v) is 4.75. The first kappa shape index (κ1) is 20.7. The van der Waals surface area contributed by atoms with Gasteiger partial charge in [0.25, 0.3) is 5.91 Å². The summed E-state index contributed by atoms with van der Waals surface area (Å²) in [6.07, 6.45) is -1.45. The summed E-state index contributed by atoms with van der Waals surface area (Å²) in [7, 11) is 1.39. The normalized spacial score (nSPS) is 13.0. The van der Waals surface area contributed by atoms with Crippen molar-refractivity contribution >= 4 is 17.5 Å². The van der Waals surface area contributed by atoms with Crippen LogP contribution in [0, 0.1) is 0 Å². The van der Waals surface area contributed by atoms with Crippen LogP contribution in [0.4, 0.5) is 18.9 Å². The number of alkyl halides is 3. The van der Waals surface area contributed by atoms with Crippen LogP contribution in [0.5, 0.6) is 5.75 Å². The highest BCUT2D eigenvalue weighted by molar-refractivity contribution is 5.95. The van der Waals surface area contributed by atoms with Crippen molar-refractivity contribution in [3.63, 3.8) is 0 Å². The van der Waals surface area contributed by atoms with Gasteiger partial charge in [-0.2, -0.15) is 13.2 Å². The van der Waals surface area contributed by atoms with Gasteiger partial charge in [0.15, 0.2) is 6.61 Å². The van der Waals surface area contributed by atoms with Gasteiger partial charge in [0, 0.05) is 7.05 Å². The van der Waals surface area contributed by atoms with Gasteiger partial charge in [-0.25, -0.2) is 0 Å². The minimum atomic E-state index is -4.59. The number of aryl methyl sites for hydroxylation is 2. The molecule has 5 nitrogen and oxygen atoms in total. The van der Waals surface area contributed by atoms with Gasteiger partial charge in [-0.1, -0.05) is 18.2 Å². The van der Waals surface area contributed by atoms with Crippen LogP contribution in [0.3, 0.4) is 0 Å². The highest BCUT2D eigenvalue weighted by atomic mass is 19.4. The quantitative estimate of drug-likeness (QED) is 0.797. The number of ether oxygens (including phenoxy) is 1. The fourth-order valence-corrected chi connectivity index (χ4v) is 3.23. The lowest BCUT2D eigenvalue weighted by molar-refractivity contribution is -0.137. The number of para-hydroxylation sites is 1. The van der Waals surface area contributed by atoms with Crippen molar-refractivity contribution in [3.8, 4) is 5.75 Å². The number of nitrogens with zero attached hydrogens (tertiary/aromatic N) is 1. The van der Waals surface area contributed by atoms with Crippen molar-refractivity contribution in [2.45, 2.75) is 25.4 Å². The van der Waals surface area contributed by atoms with Crippen LogP contribution in [-0.2, 0) is 28.6 Å². The number of benzene rings is 2. The van der Waals surface area contributed by atoms with Gasteiger partial charge < -0.3 is 15.0 Å². The van der Waals surface area contributed by atoms with Crippen molar-refractivity contribution in [1.82, 2.24) is 4.90 Å². The molecule has 0 saturated carbocycles. The van der Waals surface area contributed by atoms with Crippen molar-refractivity contribution in [1.29, 1.82) is 0 Å². The maximum absolute atomic E-state index is 13.0. The van der Waals surface area contributed by atoms with Crippen LogP contribution < -0.4 is 10.1 Å². The van der Waals surface area contributed by atoms with Crippen molar-refractivity contribution in [2.24, 2.45) is 0 Å². The molecule has 2 amide bonds. The summed E-state index contributed by atoms with van der Waals surface area (Å²) < 4.78 is 44.5. The summed E-state index contributed by atoms with van der Waals surface area (Å²) in [5.74, 6) is -0.601. The predicted octanol–water partition coefficient (Wildman–Crippen LogP) is 3.67. The average Bonchev–Trinajstić information content (AvgIpc) is 3.13. The van der Waals surface area contributed by atoms with E-state index in [-0.39, 0.29) is 12.3 Å². The minimum absolute atomic E-state index is 0.262. The number of amides is 2. The number of hydrogen-bond donors (Lipinski definition) is 1. The predicted molar refractivity (Wildman–Crippen MR) is 102 cm³/mol. The fourth-order valence-electron chi connectivity index (χ4n) is 3.23. The first-order valence-electron chi connectivity index (χ1n) is 9.18. The summed E-state index contributed by atoms with van der Waals surface area (Å²) in [5, 5.41) is 2.21. The van der Waals surface area contributed by atoms with E-state index in [9.17, 15) is 22.8 Å². The Morgan fingerprint density at radius 2 is 1.83 bits per heavy atom. The highest BCUT2D eigenvalue weighted by Crippen LogP contribution is 2.34. The molecule has 2 aromatic rings. The monoisotopic (exact) mass is 406 g/mol. The molecule has 0 bridgehead atoms. The van der Waals surface area contributed by atoms with Crippen LogP contribution in [0.15, 0.2) is 42.5 Å². The van der Waals surface area contributed by atoms with E-state index in [0.29, 0.717) is 5.75 Å². The van der Waals surface area contributed by atoms with E-state index in [2.05, 4.69) is 5.32 Å². The van der Waals surface area contributed by atoms with Gasteiger partial charge in [0.05, 0.1) is 17.8 Å². The molecule has 1 aliphatic carbocycles. The molecule has 0 aliphatic heterocycles. The van der Waals surface area contributed by atoms with Crippen LogP contribution in [0.25, 0.3) is 0 Å². The fraction of sp³-hybridized carbons (Fsp3) is 0.333. The lowest BCUT2D eigenvalue weighted by atomic mass is 10.1. The Kier molecular flexibility index (Phi) is 6.10. The zero-order valence-corrected chi connectivity index (χ0v) is 15.9. The van der Waals surface area contributed by atoms with E-state index in [1.54, 1.807) is 6.07 Å². The second-order valence-electron chi connectivity index (χ2n) is 6.91. The number of carbonyl (C=O) groups excluding carboxylic acids is 2. The van der Waals surface area contributed by atoms with Crippen molar-refractivity contribution in [3.05, 3.63) is 59.2 Å². The van der Waals surface area contributed by atoms with E-state index < -0.39 is 30.1 Å². The smallest absolute Gasteiger partial charge is 0.418 e. The zero-order chi connectivity index (χ0) is 21.0. The SMILES string of the molecule is CN(CC(=O)Nc1ccccc1C(F)(F)F)C(=O)COc1ccc2c(c1)CCC2. The van der Waals surface area contributed by atoms with Gasteiger partial charge >= 0.3 is 6.18 Å². The Balaban J connectivity index is 1.52. The van der Waals surface area contributed by atoms with Crippen LogP contribution in [-0.4, -0.2) is 36.9 Å². The molecule has 0 fully saturated rings. The molecule has 0 unspecified atom stereocenters. The lowest BCUT2D eigenvalue weighted by Crippen LogP contribution is -2.37. The number of nitrogens with one attached hydrogen (secondary N) is 1.